The number of nitrogens with zero attached hydrogens (tertiary/aromatic N) is 2. The maximum absolute atomic E-state index is 12.2. The molecule has 3 heterocycles. The van der Waals surface area contributed by atoms with Crippen molar-refractivity contribution in [1.82, 2.24) is 20.4 Å². The highest BCUT2D eigenvalue weighted by molar-refractivity contribution is 7.08. The van der Waals surface area contributed by atoms with Crippen molar-refractivity contribution in [2.24, 2.45) is 5.92 Å². The van der Waals surface area contributed by atoms with Gasteiger partial charge in [0.15, 0.2) is 0 Å². The monoisotopic (exact) mass is 318 g/mol. The van der Waals surface area contributed by atoms with E-state index in [1.165, 1.54) is 0 Å². The second-order valence-corrected chi connectivity index (χ2v) is 6.91. The van der Waals surface area contributed by atoms with E-state index in [0.29, 0.717) is 17.7 Å². The number of thiophene rings is 1. The zero-order valence-electron chi connectivity index (χ0n) is 13.0. The molecule has 1 saturated heterocycles. The average Bonchev–Trinajstić information content (AvgIpc) is 3.23. The van der Waals surface area contributed by atoms with Gasteiger partial charge in [0.25, 0.3) is 5.91 Å². The summed E-state index contributed by atoms with van der Waals surface area (Å²) in [5.74, 6) is 0.475. The van der Waals surface area contributed by atoms with Gasteiger partial charge < -0.3 is 10.2 Å². The van der Waals surface area contributed by atoms with E-state index >= 15 is 0 Å². The van der Waals surface area contributed by atoms with Crippen molar-refractivity contribution in [3.05, 3.63) is 28.6 Å². The molecule has 1 unspecified atom stereocenters. The van der Waals surface area contributed by atoms with E-state index in [1.54, 1.807) is 11.3 Å². The first-order valence-electron chi connectivity index (χ1n) is 7.73. The van der Waals surface area contributed by atoms with Crippen LogP contribution in [-0.2, 0) is 0 Å². The molecule has 1 fully saturated rings. The maximum Gasteiger partial charge on any atom is 0.269 e. The molecule has 0 aromatic carbocycles. The molecule has 1 atom stereocenters. The summed E-state index contributed by atoms with van der Waals surface area (Å²) in [7, 11) is 0. The van der Waals surface area contributed by atoms with Gasteiger partial charge in [-0.2, -0.15) is 16.4 Å². The number of aromatic amines is 1. The summed E-state index contributed by atoms with van der Waals surface area (Å²) in [5.41, 5.74) is 2.39. The average molecular weight is 318 g/mol. The molecule has 6 heteroatoms. The molecular weight excluding hydrogens is 296 g/mol. The van der Waals surface area contributed by atoms with Gasteiger partial charge in [0, 0.05) is 30.1 Å². The van der Waals surface area contributed by atoms with Crippen LogP contribution >= 0.6 is 11.3 Å². The molecule has 3 rings (SSSR count). The standard InChI is InChI=1S/C16H22N4OS/c1-11(2)20-5-3-12(9-20)8-17-16(21)15-7-14(18-19-15)13-4-6-22-10-13/h4,6-7,10-12H,3,5,8-9H2,1-2H3,(H,17,21)(H,18,19). The van der Waals surface area contributed by atoms with Crippen LogP contribution in [0.25, 0.3) is 11.3 Å². The third-order valence-corrected chi connectivity index (χ3v) is 4.92. The first kappa shape index (κ1) is 15.2. The Morgan fingerprint density at radius 2 is 2.45 bits per heavy atom. The third kappa shape index (κ3) is 3.39. The van der Waals surface area contributed by atoms with E-state index in [1.807, 2.05) is 22.9 Å². The largest absolute Gasteiger partial charge is 0.350 e. The molecule has 5 nitrogen and oxygen atoms in total. The number of carbonyl (C=O) groups excluding carboxylic acids is 1. The Balaban J connectivity index is 1.53. The van der Waals surface area contributed by atoms with Crippen molar-refractivity contribution >= 4 is 17.2 Å². The zero-order valence-corrected chi connectivity index (χ0v) is 13.8. The summed E-state index contributed by atoms with van der Waals surface area (Å²) in [6.07, 6.45) is 1.15. The van der Waals surface area contributed by atoms with Gasteiger partial charge in [-0.15, -0.1) is 0 Å². The lowest BCUT2D eigenvalue weighted by molar-refractivity contribution is 0.0942. The van der Waals surface area contributed by atoms with Gasteiger partial charge in [-0.1, -0.05) is 0 Å². The quantitative estimate of drug-likeness (QED) is 0.891. The molecular formula is C16H22N4OS. The predicted molar refractivity (Wildman–Crippen MR) is 89.0 cm³/mol. The van der Waals surface area contributed by atoms with Gasteiger partial charge in [-0.3, -0.25) is 9.89 Å². The van der Waals surface area contributed by atoms with E-state index in [9.17, 15) is 4.79 Å². The minimum Gasteiger partial charge on any atom is -0.350 e. The van der Waals surface area contributed by atoms with Crippen LogP contribution < -0.4 is 5.32 Å². The van der Waals surface area contributed by atoms with E-state index in [-0.39, 0.29) is 5.91 Å². The summed E-state index contributed by atoms with van der Waals surface area (Å²) in [5, 5.41) is 14.1. The molecule has 0 radical (unpaired) electrons. The van der Waals surface area contributed by atoms with Crippen molar-refractivity contribution in [1.29, 1.82) is 0 Å². The first-order chi connectivity index (χ1) is 10.6. The normalized spacial score (nSPS) is 19.0. The Hall–Kier alpha value is -1.66. The molecule has 1 aliphatic rings. The van der Waals surface area contributed by atoms with Crippen LogP contribution in [0.3, 0.4) is 0 Å². The predicted octanol–water partition coefficient (Wildman–Crippen LogP) is 2.60. The molecule has 22 heavy (non-hydrogen) atoms. The fraction of sp³-hybridized carbons (Fsp3) is 0.500. The van der Waals surface area contributed by atoms with Gasteiger partial charge in [0.1, 0.15) is 5.69 Å². The van der Waals surface area contributed by atoms with Crippen molar-refractivity contribution in [2.45, 2.75) is 26.3 Å². The van der Waals surface area contributed by atoms with Gasteiger partial charge in [-0.05, 0) is 50.2 Å². The Bertz CT molecular complexity index is 620. The fourth-order valence-corrected chi connectivity index (χ4v) is 3.48. The number of H-pyrrole nitrogens is 1. The lowest BCUT2D eigenvalue weighted by Crippen LogP contribution is -2.33. The highest BCUT2D eigenvalue weighted by atomic mass is 32.1. The summed E-state index contributed by atoms with van der Waals surface area (Å²) in [4.78, 5) is 14.7. The fourth-order valence-electron chi connectivity index (χ4n) is 2.83. The van der Waals surface area contributed by atoms with Crippen molar-refractivity contribution < 1.29 is 4.79 Å². The Morgan fingerprint density at radius 3 is 3.14 bits per heavy atom. The van der Waals surface area contributed by atoms with Crippen molar-refractivity contribution in [2.75, 3.05) is 19.6 Å². The minimum atomic E-state index is -0.0722. The van der Waals surface area contributed by atoms with Crippen LogP contribution in [0.5, 0.6) is 0 Å². The first-order valence-corrected chi connectivity index (χ1v) is 8.68. The Morgan fingerprint density at radius 1 is 1.59 bits per heavy atom. The van der Waals surface area contributed by atoms with Crippen LogP contribution in [0.15, 0.2) is 22.9 Å². The molecule has 2 N–H and O–H groups in total. The van der Waals surface area contributed by atoms with Crippen LogP contribution in [0, 0.1) is 5.92 Å². The summed E-state index contributed by atoms with van der Waals surface area (Å²) >= 11 is 1.62. The van der Waals surface area contributed by atoms with Crippen LogP contribution in [-0.4, -0.2) is 46.7 Å². The second-order valence-electron chi connectivity index (χ2n) is 6.13. The number of hydrogen-bond donors (Lipinski definition) is 2. The number of nitrogens with one attached hydrogen (secondary N) is 2. The molecule has 0 aliphatic carbocycles. The van der Waals surface area contributed by atoms with Gasteiger partial charge in [0.05, 0.1) is 5.69 Å². The molecule has 2 aromatic heterocycles. The van der Waals surface area contributed by atoms with E-state index < -0.39 is 0 Å². The van der Waals surface area contributed by atoms with Crippen molar-refractivity contribution in [3.63, 3.8) is 0 Å². The van der Waals surface area contributed by atoms with Gasteiger partial charge >= 0.3 is 0 Å². The molecule has 0 saturated carbocycles. The Kier molecular flexibility index (Phi) is 4.59. The van der Waals surface area contributed by atoms with Crippen LogP contribution in [0.4, 0.5) is 0 Å². The SMILES string of the molecule is CC(C)N1CCC(CNC(=O)c2cc(-c3ccsc3)n[nH]2)C1. The molecule has 0 bridgehead atoms. The molecule has 1 amide bonds. The number of rotatable bonds is 5. The molecule has 2 aromatic rings. The third-order valence-electron chi connectivity index (χ3n) is 4.24. The second kappa shape index (κ2) is 6.62. The number of carbonyl (C=O) groups is 1. The summed E-state index contributed by atoms with van der Waals surface area (Å²) < 4.78 is 0. The lowest BCUT2D eigenvalue weighted by Gasteiger charge is -2.20. The minimum absolute atomic E-state index is 0.0722. The number of aromatic nitrogens is 2. The van der Waals surface area contributed by atoms with Crippen LogP contribution in [0.2, 0.25) is 0 Å². The highest BCUT2D eigenvalue weighted by Crippen LogP contribution is 2.21. The van der Waals surface area contributed by atoms with E-state index in [4.69, 9.17) is 0 Å². The molecule has 0 spiro atoms. The van der Waals surface area contributed by atoms with Gasteiger partial charge in [-0.25, -0.2) is 0 Å². The molecule has 1 aliphatic heterocycles. The maximum atomic E-state index is 12.2. The van der Waals surface area contributed by atoms with Crippen LogP contribution in [0.1, 0.15) is 30.8 Å². The van der Waals surface area contributed by atoms with Gasteiger partial charge in [0.2, 0.25) is 0 Å². The topological polar surface area (TPSA) is 61.0 Å². The van der Waals surface area contributed by atoms with E-state index in [0.717, 1.165) is 37.3 Å². The van der Waals surface area contributed by atoms with E-state index in [2.05, 4.69) is 34.3 Å². The summed E-state index contributed by atoms with van der Waals surface area (Å²) in [6.45, 7) is 7.37. The zero-order chi connectivity index (χ0) is 15.5. The molecule has 118 valence electrons. The smallest absolute Gasteiger partial charge is 0.269 e. The highest BCUT2D eigenvalue weighted by Gasteiger charge is 2.24. The van der Waals surface area contributed by atoms with Crippen molar-refractivity contribution in [3.8, 4) is 11.3 Å². The summed E-state index contributed by atoms with van der Waals surface area (Å²) in [6, 6.07) is 4.40. The number of hydrogen-bond acceptors (Lipinski definition) is 4. The number of likely N-dealkylation sites (tertiary alicyclic amines) is 1. The number of amides is 1. The Labute approximate surface area is 134 Å². The lowest BCUT2D eigenvalue weighted by atomic mass is 10.1.